The molecule has 35 heavy (non-hydrogen) atoms. The monoisotopic (exact) mass is 466 g/mol. The number of nitrogens with one attached hydrogen (secondary N) is 1. The van der Waals surface area contributed by atoms with E-state index in [2.05, 4.69) is 67.2 Å². The molecule has 0 saturated heterocycles. The zero-order valence-electron chi connectivity index (χ0n) is 20.4. The third-order valence-electron chi connectivity index (χ3n) is 6.41. The van der Waals surface area contributed by atoms with Crippen LogP contribution in [0.15, 0.2) is 54.9 Å². The van der Waals surface area contributed by atoms with Crippen molar-refractivity contribution in [2.24, 2.45) is 0 Å². The summed E-state index contributed by atoms with van der Waals surface area (Å²) >= 11 is 0. The van der Waals surface area contributed by atoms with Crippen molar-refractivity contribution < 1.29 is 0 Å². The molecular formula is C27H30N8. The molecule has 0 radical (unpaired) electrons. The summed E-state index contributed by atoms with van der Waals surface area (Å²) in [6, 6.07) is 14.8. The maximum Gasteiger partial charge on any atom is 0.221 e. The number of aromatic nitrogens is 5. The SMILES string of the molecule is Cc1cccc(-c2nccc(Nc3nc(N)ncc3-c3ccc4c(c3)CCN(C(C)C)CC4)n2)n1. The summed E-state index contributed by atoms with van der Waals surface area (Å²) in [7, 11) is 0. The third-order valence-corrected chi connectivity index (χ3v) is 6.41. The lowest BCUT2D eigenvalue weighted by Crippen LogP contribution is -2.32. The number of nitrogens with two attached hydrogens (primary N) is 1. The Morgan fingerprint density at radius 2 is 1.77 bits per heavy atom. The van der Waals surface area contributed by atoms with Crippen LogP contribution in [-0.4, -0.2) is 49.0 Å². The topological polar surface area (TPSA) is 106 Å². The van der Waals surface area contributed by atoms with Gasteiger partial charge in [-0.05, 0) is 68.5 Å². The Morgan fingerprint density at radius 3 is 2.57 bits per heavy atom. The fourth-order valence-electron chi connectivity index (χ4n) is 4.47. The fourth-order valence-corrected chi connectivity index (χ4v) is 4.47. The molecule has 1 aliphatic heterocycles. The van der Waals surface area contributed by atoms with Crippen molar-refractivity contribution in [3.8, 4) is 22.6 Å². The van der Waals surface area contributed by atoms with Crippen LogP contribution >= 0.6 is 0 Å². The van der Waals surface area contributed by atoms with E-state index in [0.29, 0.717) is 23.5 Å². The van der Waals surface area contributed by atoms with E-state index in [1.54, 1.807) is 18.5 Å². The molecule has 8 heteroatoms. The quantitative estimate of drug-likeness (QED) is 0.445. The first-order valence-electron chi connectivity index (χ1n) is 12.0. The van der Waals surface area contributed by atoms with Crippen molar-refractivity contribution in [2.75, 3.05) is 24.1 Å². The highest BCUT2D eigenvalue weighted by molar-refractivity contribution is 5.78. The van der Waals surface area contributed by atoms with Crippen LogP contribution in [-0.2, 0) is 12.8 Å². The molecule has 0 bridgehead atoms. The van der Waals surface area contributed by atoms with Gasteiger partial charge in [0.15, 0.2) is 5.82 Å². The van der Waals surface area contributed by atoms with Crippen molar-refractivity contribution in [3.05, 3.63) is 71.7 Å². The van der Waals surface area contributed by atoms with Crippen molar-refractivity contribution in [3.63, 3.8) is 0 Å². The van der Waals surface area contributed by atoms with Crippen molar-refractivity contribution in [2.45, 2.75) is 39.7 Å². The van der Waals surface area contributed by atoms with Gasteiger partial charge in [0.25, 0.3) is 0 Å². The highest BCUT2D eigenvalue weighted by Crippen LogP contribution is 2.31. The molecule has 0 amide bonds. The van der Waals surface area contributed by atoms with Gasteiger partial charge >= 0.3 is 0 Å². The molecule has 8 nitrogen and oxygen atoms in total. The van der Waals surface area contributed by atoms with E-state index in [9.17, 15) is 0 Å². The molecule has 0 atom stereocenters. The van der Waals surface area contributed by atoms with Crippen LogP contribution < -0.4 is 11.1 Å². The minimum atomic E-state index is 0.202. The van der Waals surface area contributed by atoms with Crippen LogP contribution in [0.5, 0.6) is 0 Å². The highest BCUT2D eigenvalue weighted by Gasteiger charge is 2.18. The molecule has 1 aromatic carbocycles. The summed E-state index contributed by atoms with van der Waals surface area (Å²) in [4.78, 5) is 24.9. The van der Waals surface area contributed by atoms with Gasteiger partial charge < -0.3 is 16.0 Å². The van der Waals surface area contributed by atoms with Crippen molar-refractivity contribution in [1.82, 2.24) is 29.8 Å². The van der Waals surface area contributed by atoms with Crippen LogP contribution in [0.1, 0.15) is 30.7 Å². The minimum Gasteiger partial charge on any atom is -0.368 e. The summed E-state index contributed by atoms with van der Waals surface area (Å²) in [5.41, 5.74) is 12.3. The van der Waals surface area contributed by atoms with Gasteiger partial charge in [0.1, 0.15) is 17.3 Å². The van der Waals surface area contributed by atoms with Crippen LogP contribution in [0.25, 0.3) is 22.6 Å². The van der Waals surface area contributed by atoms with Gasteiger partial charge in [-0.25, -0.2) is 19.9 Å². The number of nitrogen functional groups attached to an aromatic ring is 1. The molecule has 3 aromatic heterocycles. The van der Waals surface area contributed by atoms with E-state index in [1.165, 1.54) is 11.1 Å². The van der Waals surface area contributed by atoms with E-state index < -0.39 is 0 Å². The molecule has 4 aromatic rings. The van der Waals surface area contributed by atoms with E-state index in [0.717, 1.165) is 48.4 Å². The second-order valence-corrected chi connectivity index (χ2v) is 9.16. The van der Waals surface area contributed by atoms with E-state index in [-0.39, 0.29) is 5.95 Å². The van der Waals surface area contributed by atoms with E-state index >= 15 is 0 Å². The van der Waals surface area contributed by atoms with E-state index in [1.807, 2.05) is 25.1 Å². The summed E-state index contributed by atoms with van der Waals surface area (Å²) in [5.74, 6) is 1.96. The number of nitrogens with zero attached hydrogens (tertiary/aromatic N) is 6. The Kier molecular flexibility index (Phi) is 6.37. The van der Waals surface area contributed by atoms with Crippen molar-refractivity contribution >= 4 is 17.6 Å². The zero-order chi connectivity index (χ0) is 24.4. The lowest BCUT2D eigenvalue weighted by molar-refractivity contribution is 0.233. The molecule has 0 saturated carbocycles. The minimum absolute atomic E-state index is 0.202. The van der Waals surface area contributed by atoms with E-state index in [4.69, 9.17) is 5.73 Å². The summed E-state index contributed by atoms with van der Waals surface area (Å²) in [6.07, 6.45) is 5.57. The van der Waals surface area contributed by atoms with Crippen LogP contribution in [0.2, 0.25) is 0 Å². The first-order chi connectivity index (χ1) is 17.0. The lowest BCUT2D eigenvalue weighted by atomic mass is 9.97. The molecule has 1 aliphatic rings. The first-order valence-corrected chi connectivity index (χ1v) is 12.0. The summed E-state index contributed by atoms with van der Waals surface area (Å²) in [5, 5.41) is 3.33. The van der Waals surface area contributed by atoms with Gasteiger partial charge in [-0.3, -0.25) is 0 Å². The third kappa shape index (κ3) is 5.12. The van der Waals surface area contributed by atoms with Gasteiger partial charge in [0.2, 0.25) is 5.95 Å². The molecule has 0 unspecified atom stereocenters. The van der Waals surface area contributed by atoms with Crippen LogP contribution in [0.3, 0.4) is 0 Å². The Morgan fingerprint density at radius 1 is 0.943 bits per heavy atom. The number of hydrogen-bond donors (Lipinski definition) is 2. The first kappa shape index (κ1) is 22.9. The number of fused-ring (bicyclic) bond motifs is 1. The summed E-state index contributed by atoms with van der Waals surface area (Å²) < 4.78 is 0. The van der Waals surface area contributed by atoms with Crippen LogP contribution in [0.4, 0.5) is 17.6 Å². The number of aryl methyl sites for hydroxylation is 1. The predicted octanol–water partition coefficient (Wildman–Crippen LogP) is 4.44. The Bertz CT molecular complexity index is 1350. The van der Waals surface area contributed by atoms with Gasteiger partial charge in [-0.1, -0.05) is 24.3 Å². The lowest BCUT2D eigenvalue weighted by Gasteiger charge is -2.23. The second-order valence-electron chi connectivity index (χ2n) is 9.16. The molecule has 178 valence electrons. The molecule has 4 heterocycles. The van der Waals surface area contributed by atoms with Gasteiger partial charge in [0, 0.05) is 42.8 Å². The Labute approximate surface area is 205 Å². The smallest absolute Gasteiger partial charge is 0.221 e. The highest BCUT2D eigenvalue weighted by atomic mass is 15.1. The van der Waals surface area contributed by atoms with Crippen LogP contribution in [0, 0.1) is 6.92 Å². The fraction of sp³-hybridized carbons (Fsp3) is 0.296. The standard InChI is InChI=1S/C27H30N8/c1-17(2)35-13-10-19-7-8-21(15-20(19)11-14-35)22-16-30-27(28)34-25(22)32-24-9-12-29-26(33-24)23-6-4-5-18(3)31-23/h4-9,12,15-17H,10-11,13-14H2,1-3H3,(H3,28,29,30,32,33,34). The molecule has 5 rings (SSSR count). The number of anilines is 3. The van der Waals surface area contributed by atoms with Gasteiger partial charge in [-0.2, -0.15) is 4.98 Å². The Hall–Kier alpha value is -3.91. The molecular weight excluding hydrogens is 436 g/mol. The number of pyridine rings is 1. The number of rotatable bonds is 5. The molecule has 0 aliphatic carbocycles. The van der Waals surface area contributed by atoms with Crippen molar-refractivity contribution in [1.29, 1.82) is 0 Å². The summed E-state index contributed by atoms with van der Waals surface area (Å²) in [6.45, 7) is 8.63. The van der Waals surface area contributed by atoms with Gasteiger partial charge in [0.05, 0.1) is 0 Å². The zero-order valence-corrected chi connectivity index (χ0v) is 20.4. The number of hydrogen-bond acceptors (Lipinski definition) is 8. The molecule has 0 fully saturated rings. The maximum atomic E-state index is 5.96. The maximum absolute atomic E-state index is 5.96. The average Bonchev–Trinajstić information content (AvgIpc) is 3.07. The second kappa shape index (κ2) is 9.76. The Balaban J connectivity index is 1.46. The number of benzene rings is 1. The van der Waals surface area contributed by atoms with Gasteiger partial charge in [-0.15, -0.1) is 0 Å². The molecule has 3 N–H and O–H groups in total. The average molecular weight is 467 g/mol. The normalized spacial score (nSPS) is 13.9. The predicted molar refractivity (Wildman–Crippen MR) is 139 cm³/mol. The largest absolute Gasteiger partial charge is 0.368 e. The molecule has 0 spiro atoms.